The molecular weight excluding hydrogens is 314 g/mol. The average Bonchev–Trinajstić information content (AvgIpc) is 2.55. The first kappa shape index (κ1) is 20.2. The third-order valence-electron chi connectivity index (χ3n) is 4.14. The van der Waals surface area contributed by atoms with Crippen LogP contribution < -0.4 is 10.6 Å². The molecule has 8 heteroatoms. The molecule has 2 N–H and O–H groups in total. The first-order chi connectivity index (χ1) is 11.0. The third-order valence-corrected chi connectivity index (χ3v) is 6.17. The van der Waals surface area contributed by atoms with E-state index < -0.39 is 10.0 Å². The number of aliphatic imine (C=N–C) groups is 1. The van der Waals surface area contributed by atoms with Crippen molar-refractivity contribution in [1.82, 2.24) is 19.8 Å². The van der Waals surface area contributed by atoms with Crippen LogP contribution in [0.1, 0.15) is 33.1 Å². The van der Waals surface area contributed by atoms with Crippen molar-refractivity contribution in [3.05, 3.63) is 0 Å². The van der Waals surface area contributed by atoms with Gasteiger partial charge in [0.2, 0.25) is 10.0 Å². The Morgan fingerprint density at radius 2 is 1.70 bits per heavy atom. The van der Waals surface area contributed by atoms with E-state index in [1.807, 2.05) is 13.8 Å². The van der Waals surface area contributed by atoms with Crippen LogP contribution in [0.4, 0.5) is 0 Å². The first-order valence-electron chi connectivity index (χ1n) is 8.68. The normalized spacial score (nSPS) is 17.5. The molecule has 1 heterocycles. The summed E-state index contributed by atoms with van der Waals surface area (Å²) in [4.78, 5) is 6.60. The highest BCUT2D eigenvalue weighted by atomic mass is 32.2. The Kier molecular flexibility index (Phi) is 9.50. The number of nitrogens with zero attached hydrogens (tertiary/aromatic N) is 3. The fraction of sp³-hybridized carbons (Fsp3) is 0.933. The maximum absolute atomic E-state index is 12.1. The lowest BCUT2D eigenvalue weighted by Crippen LogP contribution is -2.44. The number of nitrogens with one attached hydrogen (secondary N) is 2. The van der Waals surface area contributed by atoms with Crippen LogP contribution in [0.5, 0.6) is 0 Å². The highest BCUT2D eigenvalue weighted by Crippen LogP contribution is 2.07. The first-order valence-corrected chi connectivity index (χ1v) is 10.3. The number of hydrogen-bond donors (Lipinski definition) is 2. The molecule has 0 bridgehead atoms. The van der Waals surface area contributed by atoms with Crippen molar-refractivity contribution in [3.8, 4) is 0 Å². The molecule has 0 amide bonds. The van der Waals surface area contributed by atoms with Gasteiger partial charge >= 0.3 is 0 Å². The van der Waals surface area contributed by atoms with Crippen LogP contribution in [-0.2, 0) is 10.0 Å². The standard InChI is InChI=1S/C15H33N5O2S/c1-4-20(5-2)23(21,22)14-10-18-15(16-3)17-9-13-19-11-7-6-8-12-19/h4-14H2,1-3H3,(H2,16,17,18). The van der Waals surface area contributed by atoms with E-state index in [4.69, 9.17) is 0 Å². The minimum absolute atomic E-state index is 0.0848. The number of likely N-dealkylation sites (tertiary alicyclic amines) is 1. The van der Waals surface area contributed by atoms with Crippen LogP contribution in [0.3, 0.4) is 0 Å². The van der Waals surface area contributed by atoms with Gasteiger partial charge in [0.25, 0.3) is 0 Å². The molecule has 0 radical (unpaired) electrons. The summed E-state index contributed by atoms with van der Waals surface area (Å²) in [5, 5.41) is 6.33. The molecule has 0 saturated carbocycles. The van der Waals surface area contributed by atoms with Gasteiger partial charge in [-0.25, -0.2) is 12.7 Å². The van der Waals surface area contributed by atoms with Gasteiger partial charge < -0.3 is 15.5 Å². The van der Waals surface area contributed by atoms with Gasteiger partial charge in [0.15, 0.2) is 5.96 Å². The number of sulfonamides is 1. The van der Waals surface area contributed by atoms with E-state index in [9.17, 15) is 8.42 Å². The SMILES string of the molecule is CCN(CC)S(=O)(=O)CCNC(=NC)NCCN1CCCCC1. The monoisotopic (exact) mass is 347 g/mol. The molecule has 1 aliphatic heterocycles. The molecule has 1 rings (SSSR count). The van der Waals surface area contributed by atoms with Gasteiger partial charge in [-0.15, -0.1) is 0 Å². The maximum Gasteiger partial charge on any atom is 0.215 e. The average molecular weight is 348 g/mol. The van der Waals surface area contributed by atoms with E-state index in [1.165, 1.54) is 36.7 Å². The fourth-order valence-electron chi connectivity index (χ4n) is 2.78. The van der Waals surface area contributed by atoms with Gasteiger partial charge in [0, 0.05) is 39.8 Å². The van der Waals surface area contributed by atoms with Gasteiger partial charge in [-0.2, -0.15) is 0 Å². The van der Waals surface area contributed by atoms with Crippen molar-refractivity contribution in [2.45, 2.75) is 33.1 Å². The summed E-state index contributed by atoms with van der Waals surface area (Å²) in [5.74, 6) is 0.748. The van der Waals surface area contributed by atoms with Gasteiger partial charge in [-0.1, -0.05) is 20.3 Å². The van der Waals surface area contributed by atoms with E-state index in [2.05, 4.69) is 20.5 Å². The Morgan fingerprint density at radius 1 is 1.09 bits per heavy atom. The van der Waals surface area contributed by atoms with Crippen molar-refractivity contribution in [3.63, 3.8) is 0 Å². The number of hydrogen-bond acceptors (Lipinski definition) is 4. The zero-order valence-electron chi connectivity index (χ0n) is 14.8. The number of guanidine groups is 1. The Bertz CT molecular complexity index is 443. The van der Waals surface area contributed by atoms with Gasteiger partial charge in [-0.05, 0) is 25.9 Å². The van der Waals surface area contributed by atoms with Crippen LogP contribution >= 0.6 is 0 Å². The molecule has 0 spiro atoms. The number of rotatable bonds is 9. The molecule has 23 heavy (non-hydrogen) atoms. The Morgan fingerprint density at radius 3 is 2.26 bits per heavy atom. The lowest BCUT2D eigenvalue weighted by Gasteiger charge is -2.26. The van der Waals surface area contributed by atoms with Crippen LogP contribution in [0.15, 0.2) is 4.99 Å². The summed E-state index contributed by atoms with van der Waals surface area (Å²) < 4.78 is 25.7. The summed E-state index contributed by atoms with van der Waals surface area (Å²) in [7, 11) is -1.48. The largest absolute Gasteiger partial charge is 0.355 e. The molecule has 0 aromatic rings. The highest BCUT2D eigenvalue weighted by molar-refractivity contribution is 7.89. The molecule has 1 aliphatic rings. The van der Waals surface area contributed by atoms with Crippen molar-refractivity contribution in [2.75, 3.05) is 58.6 Å². The van der Waals surface area contributed by atoms with E-state index in [0.29, 0.717) is 25.6 Å². The zero-order valence-corrected chi connectivity index (χ0v) is 15.7. The molecule has 0 atom stereocenters. The molecule has 0 aromatic carbocycles. The van der Waals surface area contributed by atoms with Crippen LogP contribution in [0.25, 0.3) is 0 Å². The second kappa shape index (κ2) is 10.8. The topological polar surface area (TPSA) is 77.0 Å². The molecule has 0 aromatic heterocycles. The molecule has 0 aliphatic carbocycles. The van der Waals surface area contributed by atoms with Crippen LogP contribution in [0.2, 0.25) is 0 Å². The predicted octanol–water partition coefficient (Wildman–Crippen LogP) is 0.309. The lowest BCUT2D eigenvalue weighted by molar-refractivity contribution is 0.232. The minimum atomic E-state index is -3.18. The van der Waals surface area contributed by atoms with E-state index in [1.54, 1.807) is 7.05 Å². The van der Waals surface area contributed by atoms with E-state index >= 15 is 0 Å². The van der Waals surface area contributed by atoms with Crippen LogP contribution in [0, 0.1) is 0 Å². The Hall–Kier alpha value is -0.860. The van der Waals surface area contributed by atoms with Crippen molar-refractivity contribution >= 4 is 16.0 Å². The third kappa shape index (κ3) is 7.50. The highest BCUT2D eigenvalue weighted by Gasteiger charge is 2.18. The summed E-state index contributed by atoms with van der Waals surface area (Å²) in [6, 6.07) is 0. The lowest BCUT2D eigenvalue weighted by atomic mass is 10.1. The van der Waals surface area contributed by atoms with Gasteiger partial charge in [0.1, 0.15) is 0 Å². The van der Waals surface area contributed by atoms with Crippen molar-refractivity contribution < 1.29 is 8.42 Å². The second-order valence-corrected chi connectivity index (χ2v) is 7.82. The summed E-state index contributed by atoms with van der Waals surface area (Å²) in [5.41, 5.74) is 0. The maximum atomic E-state index is 12.1. The van der Waals surface area contributed by atoms with Gasteiger partial charge in [-0.3, -0.25) is 4.99 Å². The molecule has 7 nitrogen and oxygen atoms in total. The molecular formula is C15H33N5O2S. The molecule has 1 fully saturated rings. The summed E-state index contributed by atoms with van der Waals surface area (Å²) >= 11 is 0. The van der Waals surface area contributed by atoms with E-state index in [0.717, 1.165) is 13.1 Å². The molecule has 1 saturated heterocycles. The summed E-state index contributed by atoms with van der Waals surface area (Å²) in [6.07, 6.45) is 3.92. The smallest absolute Gasteiger partial charge is 0.215 e. The number of piperidine rings is 1. The molecule has 0 unspecified atom stereocenters. The van der Waals surface area contributed by atoms with Crippen molar-refractivity contribution in [2.24, 2.45) is 4.99 Å². The summed E-state index contributed by atoms with van der Waals surface area (Å²) in [6.45, 7) is 9.28. The van der Waals surface area contributed by atoms with Gasteiger partial charge in [0.05, 0.1) is 5.75 Å². The predicted molar refractivity (Wildman–Crippen MR) is 96.4 cm³/mol. The molecule has 136 valence electrons. The fourth-order valence-corrected chi connectivity index (χ4v) is 4.19. The van der Waals surface area contributed by atoms with Crippen LogP contribution in [-0.4, -0.2) is 82.2 Å². The zero-order chi connectivity index (χ0) is 17.1. The van der Waals surface area contributed by atoms with E-state index in [-0.39, 0.29) is 5.75 Å². The van der Waals surface area contributed by atoms with Crippen molar-refractivity contribution in [1.29, 1.82) is 0 Å². The Labute approximate surface area is 141 Å². The Balaban J connectivity index is 2.25. The second-order valence-electron chi connectivity index (χ2n) is 5.73. The quantitative estimate of drug-likeness (QED) is 0.464. The minimum Gasteiger partial charge on any atom is -0.355 e.